The number of carbonyl (C=O) groups excluding carboxylic acids is 1. The van der Waals surface area contributed by atoms with Crippen LogP contribution in [0.5, 0.6) is 0 Å². The molecule has 0 unspecified atom stereocenters. The van der Waals surface area contributed by atoms with Crippen LogP contribution in [-0.4, -0.2) is 15.9 Å². The minimum Gasteiger partial charge on any atom is -0.467 e. The van der Waals surface area contributed by atoms with Crippen molar-refractivity contribution in [2.75, 3.05) is 0 Å². The lowest BCUT2D eigenvalue weighted by Crippen LogP contribution is -2.51. The molecule has 0 radical (unpaired) electrons. The Morgan fingerprint density at radius 2 is 1.74 bits per heavy atom. The lowest BCUT2D eigenvalue weighted by molar-refractivity contribution is -0.130. The molecular formula is C22H23N3O2. The predicted molar refractivity (Wildman–Crippen MR) is 102 cm³/mol. The monoisotopic (exact) mass is 361 g/mol. The van der Waals surface area contributed by atoms with Crippen molar-refractivity contribution >= 4 is 16.9 Å². The van der Waals surface area contributed by atoms with Gasteiger partial charge in [-0.15, -0.1) is 0 Å². The van der Waals surface area contributed by atoms with E-state index >= 15 is 0 Å². The molecule has 0 saturated heterocycles. The number of fused-ring (bicyclic) bond motifs is 6. The highest BCUT2D eigenvalue weighted by Gasteiger charge is 2.73. The topological polar surface area (TPSA) is 68.0 Å². The van der Waals surface area contributed by atoms with Gasteiger partial charge in [-0.2, -0.15) is 0 Å². The van der Waals surface area contributed by atoms with Crippen LogP contribution in [0, 0.1) is 5.41 Å². The van der Waals surface area contributed by atoms with E-state index in [0.29, 0.717) is 6.54 Å². The van der Waals surface area contributed by atoms with Gasteiger partial charge in [0.2, 0.25) is 5.91 Å². The highest BCUT2D eigenvalue weighted by Crippen LogP contribution is 2.70. The van der Waals surface area contributed by atoms with Crippen LogP contribution >= 0.6 is 0 Å². The summed E-state index contributed by atoms with van der Waals surface area (Å²) in [6.07, 6.45) is 3.35. The average Bonchev–Trinajstić information content (AvgIpc) is 3.28. The Hall–Kier alpha value is -2.69. The minimum atomic E-state index is -0.666. The number of para-hydroxylation sites is 2. The van der Waals surface area contributed by atoms with E-state index < -0.39 is 5.41 Å². The van der Waals surface area contributed by atoms with E-state index in [0.717, 1.165) is 41.0 Å². The fourth-order valence-corrected chi connectivity index (χ4v) is 5.28. The summed E-state index contributed by atoms with van der Waals surface area (Å²) in [6.45, 7) is 7.02. The van der Waals surface area contributed by atoms with Crippen LogP contribution < -0.4 is 5.32 Å². The molecule has 2 atom stereocenters. The van der Waals surface area contributed by atoms with E-state index in [9.17, 15) is 4.79 Å². The van der Waals surface area contributed by atoms with Crippen molar-refractivity contribution in [1.29, 1.82) is 0 Å². The Kier molecular flexibility index (Phi) is 3.16. The summed E-state index contributed by atoms with van der Waals surface area (Å²) in [6, 6.07) is 11.6. The average molecular weight is 361 g/mol. The minimum absolute atomic E-state index is 0.0240. The maximum absolute atomic E-state index is 13.6. The summed E-state index contributed by atoms with van der Waals surface area (Å²) in [5, 5.41) is 3.11. The van der Waals surface area contributed by atoms with E-state index in [1.807, 2.05) is 36.4 Å². The molecule has 1 aromatic carbocycles. The number of hydrogen-bond donors (Lipinski definition) is 1. The first-order chi connectivity index (χ1) is 12.9. The molecule has 138 valence electrons. The summed E-state index contributed by atoms with van der Waals surface area (Å²) < 4.78 is 5.38. The first-order valence-electron chi connectivity index (χ1n) is 9.49. The SMILES string of the molecule is CC1(C)[C@]2(C(=O)NCc3ccco3)CC[C@]1(C)c1nc3ccccc3nc12. The van der Waals surface area contributed by atoms with Gasteiger partial charge >= 0.3 is 0 Å². The predicted octanol–water partition coefficient (Wildman–Crippen LogP) is 3.87. The fourth-order valence-electron chi connectivity index (χ4n) is 5.28. The van der Waals surface area contributed by atoms with Gasteiger partial charge in [0.15, 0.2) is 0 Å². The van der Waals surface area contributed by atoms with Gasteiger partial charge in [-0.05, 0) is 42.5 Å². The quantitative estimate of drug-likeness (QED) is 0.769. The van der Waals surface area contributed by atoms with Crippen molar-refractivity contribution in [2.45, 2.75) is 51.0 Å². The number of amides is 1. The van der Waals surface area contributed by atoms with E-state index in [2.05, 4.69) is 26.1 Å². The Labute approximate surface area is 158 Å². The number of carbonyl (C=O) groups is 1. The molecule has 1 N–H and O–H groups in total. The first kappa shape index (κ1) is 16.5. The molecule has 5 rings (SSSR count). The summed E-state index contributed by atoms with van der Waals surface area (Å²) in [4.78, 5) is 23.5. The highest BCUT2D eigenvalue weighted by molar-refractivity contribution is 5.92. The van der Waals surface area contributed by atoms with Crippen molar-refractivity contribution in [3.63, 3.8) is 0 Å². The molecule has 3 aromatic rings. The largest absolute Gasteiger partial charge is 0.467 e. The third kappa shape index (κ3) is 1.87. The van der Waals surface area contributed by atoms with Crippen LogP contribution in [-0.2, 0) is 22.2 Å². The zero-order valence-electron chi connectivity index (χ0n) is 15.9. The summed E-state index contributed by atoms with van der Waals surface area (Å²) in [7, 11) is 0. The van der Waals surface area contributed by atoms with Crippen LogP contribution in [0.15, 0.2) is 47.1 Å². The van der Waals surface area contributed by atoms with Gasteiger partial charge < -0.3 is 9.73 Å². The highest BCUT2D eigenvalue weighted by atomic mass is 16.3. The van der Waals surface area contributed by atoms with Crippen molar-refractivity contribution in [3.8, 4) is 0 Å². The second-order valence-electron chi connectivity index (χ2n) is 8.53. The molecule has 2 aliphatic carbocycles. The van der Waals surface area contributed by atoms with Crippen LogP contribution in [0.2, 0.25) is 0 Å². The van der Waals surface area contributed by atoms with Gasteiger partial charge in [-0.3, -0.25) is 4.79 Å². The third-order valence-electron chi connectivity index (χ3n) is 7.33. The van der Waals surface area contributed by atoms with Gasteiger partial charge in [0.05, 0.1) is 40.6 Å². The van der Waals surface area contributed by atoms with Gasteiger partial charge in [0.1, 0.15) is 5.76 Å². The van der Waals surface area contributed by atoms with Crippen molar-refractivity contribution in [2.24, 2.45) is 5.41 Å². The molecule has 2 bridgehead atoms. The van der Waals surface area contributed by atoms with Gasteiger partial charge in [0, 0.05) is 5.41 Å². The molecule has 2 aliphatic rings. The van der Waals surface area contributed by atoms with Crippen LogP contribution in [0.25, 0.3) is 11.0 Å². The Bertz CT molecular complexity index is 1060. The second-order valence-corrected chi connectivity index (χ2v) is 8.53. The lowest BCUT2D eigenvalue weighted by atomic mass is 9.63. The number of hydrogen-bond acceptors (Lipinski definition) is 4. The maximum atomic E-state index is 13.6. The van der Waals surface area contributed by atoms with Crippen LogP contribution in [0.4, 0.5) is 0 Å². The standard InChI is InChI=1S/C22H23N3O2/c1-20(2)21(3)10-11-22(20,19(26)23-13-14-7-6-12-27-14)18-17(21)24-15-8-4-5-9-16(15)25-18/h4-9,12H,10-11,13H2,1-3H3,(H,23,26)/t21-,22-/m1/s1. The Morgan fingerprint density at radius 1 is 1.04 bits per heavy atom. The number of furan rings is 1. The van der Waals surface area contributed by atoms with E-state index in [1.54, 1.807) is 6.26 Å². The zero-order valence-corrected chi connectivity index (χ0v) is 15.9. The molecule has 5 nitrogen and oxygen atoms in total. The molecule has 1 saturated carbocycles. The fraction of sp³-hybridized carbons (Fsp3) is 0.409. The summed E-state index contributed by atoms with van der Waals surface area (Å²) >= 11 is 0. The van der Waals surface area contributed by atoms with E-state index in [4.69, 9.17) is 14.4 Å². The van der Waals surface area contributed by atoms with Gasteiger partial charge in [-0.25, -0.2) is 9.97 Å². The van der Waals surface area contributed by atoms with E-state index in [-0.39, 0.29) is 16.7 Å². The lowest BCUT2D eigenvalue weighted by Gasteiger charge is -2.39. The summed E-state index contributed by atoms with van der Waals surface area (Å²) in [5.41, 5.74) is 2.49. The van der Waals surface area contributed by atoms with Crippen LogP contribution in [0.1, 0.15) is 50.8 Å². The normalized spacial score (nSPS) is 27.7. The van der Waals surface area contributed by atoms with Gasteiger partial charge in [0.25, 0.3) is 0 Å². The number of rotatable bonds is 3. The smallest absolute Gasteiger partial charge is 0.233 e. The molecule has 2 heterocycles. The number of nitrogens with zero attached hydrogens (tertiary/aromatic N) is 2. The number of nitrogens with one attached hydrogen (secondary N) is 1. The van der Waals surface area contributed by atoms with E-state index in [1.165, 1.54) is 0 Å². The second kappa shape index (κ2) is 5.18. The van der Waals surface area contributed by atoms with Gasteiger partial charge in [-0.1, -0.05) is 32.9 Å². The zero-order chi connectivity index (χ0) is 18.9. The molecule has 27 heavy (non-hydrogen) atoms. The third-order valence-corrected chi connectivity index (χ3v) is 7.33. The maximum Gasteiger partial charge on any atom is 0.233 e. The van der Waals surface area contributed by atoms with Crippen molar-refractivity contribution in [1.82, 2.24) is 15.3 Å². The molecule has 2 aromatic heterocycles. The van der Waals surface area contributed by atoms with Crippen LogP contribution in [0.3, 0.4) is 0 Å². The van der Waals surface area contributed by atoms with Crippen molar-refractivity contribution in [3.05, 3.63) is 59.8 Å². The number of benzene rings is 1. The molecule has 5 heteroatoms. The summed E-state index contributed by atoms with van der Waals surface area (Å²) in [5.74, 6) is 0.775. The Morgan fingerprint density at radius 3 is 2.41 bits per heavy atom. The molecular weight excluding hydrogens is 338 g/mol. The number of aromatic nitrogens is 2. The molecule has 0 spiro atoms. The molecule has 1 fully saturated rings. The first-order valence-corrected chi connectivity index (χ1v) is 9.49. The molecule has 1 amide bonds. The Balaban J connectivity index is 1.65. The van der Waals surface area contributed by atoms with Crippen molar-refractivity contribution < 1.29 is 9.21 Å². The molecule has 0 aliphatic heterocycles.